The van der Waals surface area contributed by atoms with Crippen molar-refractivity contribution < 1.29 is 0 Å². The first-order valence-electron chi connectivity index (χ1n) is 5.75. The second-order valence-electron chi connectivity index (χ2n) is 4.25. The van der Waals surface area contributed by atoms with E-state index >= 15 is 0 Å². The molecule has 0 fully saturated rings. The van der Waals surface area contributed by atoms with Crippen LogP contribution >= 0.6 is 0 Å². The molecule has 0 saturated heterocycles. The minimum absolute atomic E-state index is 0.189. The number of hydrogen-bond acceptors (Lipinski definition) is 3. The molecule has 1 rings (SSSR count). The molecular formula is C12H23N3. The summed E-state index contributed by atoms with van der Waals surface area (Å²) in [5.74, 6) is 0. The third-order valence-electron chi connectivity index (χ3n) is 3.11. The quantitative estimate of drug-likeness (QED) is 0.716. The molecule has 15 heavy (non-hydrogen) atoms. The summed E-state index contributed by atoms with van der Waals surface area (Å²) in [6.07, 6.45) is 7.84. The smallest absolute Gasteiger partial charge is 0.0390 e. The maximum Gasteiger partial charge on any atom is 0.0390 e. The van der Waals surface area contributed by atoms with Gasteiger partial charge in [-0.15, -0.1) is 0 Å². The summed E-state index contributed by atoms with van der Waals surface area (Å²) in [4.78, 5) is 2.39. The Bertz CT molecular complexity index is 254. The molecule has 0 aromatic heterocycles. The Morgan fingerprint density at radius 1 is 1.40 bits per heavy atom. The lowest BCUT2D eigenvalue weighted by Crippen LogP contribution is -2.42. The molecule has 1 aliphatic carbocycles. The SMILES string of the molecule is CCN(CC)CCC1(N)C=CC(N)=CC1. The van der Waals surface area contributed by atoms with Crippen molar-refractivity contribution >= 4 is 0 Å². The lowest BCUT2D eigenvalue weighted by molar-refractivity contribution is 0.274. The Labute approximate surface area is 92.8 Å². The Morgan fingerprint density at radius 3 is 2.53 bits per heavy atom. The number of rotatable bonds is 5. The van der Waals surface area contributed by atoms with Crippen LogP contribution in [0.1, 0.15) is 26.7 Å². The first-order valence-corrected chi connectivity index (χ1v) is 5.75. The number of nitrogens with zero attached hydrogens (tertiary/aromatic N) is 1. The van der Waals surface area contributed by atoms with Crippen molar-refractivity contribution in [1.82, 2.24) is 4.90 Å². The molecule has 0 aromatic rings. The first kappa shape index (κ1) is 12.3. The number of allylic oxidation sites excluding steroid dienone is 1. The predicted molar refractivity (Wildman–Crippen MR) is 65.4 cm³/mol. The average Bonchev–Trinajstić information content (AvgIpc) is 2.25. The van der Waals surface area contributed by atoms with Crippen LogP contribution < -0.4 is 11.5 Å². The normalized spacial score (nSPS) is 25.7. The van der Waals surface area contributed by atoms with Crippen LogP contribution in [0.15, 0.2) is 23.9 Å². The second-order valence-corrected chi connectivity index (χ2v) is 4.25. The van der Waals surface area contributed by atoms with E-state index < -0.39 is 0 Å². The van der Waals surface area contributed by atoms with Gasteiger partial charge in [0.1, 0.15) is 0 Å². The summed E-state index contributed by atoms with van der Waals surface area (Å²) >= 11 is 0. The van der Waals surface area contributed by atoms with Crippen molar-refractivity contribution in [3.05, 3.63) is 23.9 Å². The van der Waals surface area contributed by atoms with E-state index in [2.05, 4.69) is 18.7 Å². The molecule has 86 valence electrons. The molecule has 0 spiro atoms. The molecule has 0 bridgehead atoms. The van der Waals surface area contributed by atoms with Gasteiger partial charge in [-0.05, 0) is 32.0 Å². The Balaban J connectivity index is 2.42. The maximum atomic E-state index is 6.27. The highest BCUT2D eigenvalue weighted by Gasteiger charge is 2.22. The van der Waals surface area contributed by atoms with Gasteiger partial charge in [0.05, 0.1) is 0 Å². The molecular weight excluding hydrogens is 186 g/mol. The van der Waals surface area contributed by atoms with Crippen LogP contribution in [0.4, 0.5) is 0 Å². The van der Waals surface area contributed by atoms with Crippen LogP contribution in [0.2, 0.25) is 0 Å². The number of nitrogens with two attached hydrogens (primary N) is 2. The van der Waals surface area contributed by atoms with Gasteiger partial charge in [0.2, 0.25) is 0 Å². The molecule has 3 heteroatoms. The molecule has 1 atom stereocenters. The fraction of sp³-hybridized carbons (Fsp3) is 0.667. The van der Waals surface area contributed by atoms with E-state index in [1.54, 1.807) is 0 Å². The molecule has 4 N–H and O–H groups in total. The topological polar surface area (TPSA) is 55.3 Å². The van der Waals surface area contributed by atoms with Gasteiger partial charge in [0.25, 0.3) is 0 Å². The van der Waals surface area contributed by atoms with Crippen molar-refractivity contribution in [2.75, 3.05) is 19.6 Å². The zero-order chi connectivity index (χ0) is 11.3. The lowest BCUT2D eigenvalue weighted by Gasteiger charge is -2.30. The van der Waals surface area contributed by atoms with Crippen LogP contribution in [0, 0.1) is 0 Å². The Morgan fingerprint density at radius 2 is 2.07 bits per heavy atom. The highest BCUT2D eigenvalue weighted by Crippen LogP contribution is 2.20. The molecule has 0 heterocycles. The van der Waals surface area contributed by atoms with Gasteiger partial charge in [-0.1, -0.05) is 26.0 Å². The van der Waals surface area contributed by atoms with E-state index in [-0.39, 0.29) is 5.54 Å². The van der Waals surface area contributed by atoms with Crippen LogP contribution in [0.5, 0.6) is 0 Å². The molecule has 0 radical (unpaired) electrons. The van der Waals surface area contributed by atoms with E-state index in [0.29, 0.717) is 0 Å². The summed E-state index contributed by atoms with van der Waals surface area (Å²) in [5, 5.41) is 0. The van der Waals surface area contributed by atoms with Gasteiger partial charge < -0.3 is 16.4 Å². The van der Waals surface area contributed by atoms with E-state index in [9.17, 15) is 0 Å². The second kappa shape index (κ2) is 5.33. The highest BCUT2D eigenvalue weighted by molar-refractivity contribution is 5.26. The van der Waals surface area contributed by atoms with Gasteiger partial charge >= 0.3 is 0 Å². The summed E-state index contributed by atoms with van der Waals surface area (Å²) in [5.41, 5.74) is 12.6. The largest absolute Gasteiger partial charge is 0.399 e. The minimum Gasteiger partial charge on any atom is -0.399 e. The van der Waals surface area contributed by atoms with Crippen molar-refractivity contribution in [2.45, 2.75) is 32.2 Å². The number of hydrogen-bond donors (Lipinski definition) is 2. The Hall–Kier alpha value is -0.800. The van der Waals surface area contributed by atoms with Crippen molar-refractivity contribution in [1.29, 1.82) is 0 Å². The standard InChI is InChI=1S/C12H23N3/c1-3-15(4-2)10-9-12(14)7-5-11(13)6-8-12/h5-7H,3-4,8-10,13-14H2,1-2H3. The maximum absolute atomic E-state index is 6.27. The van der Waals surface area contributed by atoms with Crippen LogP contribution in [-0.2, 0) is 0 Å². The monoisotopic (exact) mass is 209 g/mol. The Kier molecular flexibility index (Phi) is 4.36. The van der Waals surface area contributed by atoms with Crippen LogP contribution in [0.25, 0.3) is 0 Å². The van der Waals surface area contributed by atoms with Gasteiger partial charge in [-0.3, -0.25) is 0 Å². The minimum atomic E-state index is -0.189. The van der Waals surface area contributed by atoms with Crippen molar-refractivity contribution in [2.24, 2.45) is 11.5 Å². The first-order chi connectivity index (χ1) is 7.09. The van der Waals surface area contributed by atoms with Gasteiger partial charge in [0, 0.05) is 17.8 Å². The molecule has 1 unspecified atom stereocenters. The fourth-order valence-corrected chi connectivity index (χ4v) is 1.80. The van der Waals surface area contributed by atoms with Crippen molar-refractivity contribution in [3.63, 3.8) is 0 Å². The summed E-state index contributed by atoms with van der Waals surface area (Å²) < 4.78 is 0. The molecule has 0 amide bonds. The lowest BCUT2D eigenvalue weighted by atomic mass is 9.88. The molecule has 1 aliphatic rings. The fourth-order valence-electron chi connectivity index (χ4n) is 1.80. The highest BCUT2D eigenvalue weighted by atomic mass is 15.1. The van der Waals surface area contributed by atoms with E-state index in [1.165, 1.54) is 0 Å². The molecule has 3 nitrogen and oxygen atoms in total. The van der Waals surface area contributed by atoms with Crippen molar-refractivity contribution in [3.8, 4) is 0 Å². The molecule has 0 saturated carbocycles. The van der Waals surface area contributed by atoms with E-state index in [0.717, 1.165) is 38.2 Å². The average molecular weight is 209 g/mol. The van der Waals surface area contributed by atoms with Crippen LogP contribution in [-0.4, -0.2) is 30.1 Å². The van der Waals surface area contributed by atoms with E-state index in [1.807, 2.05) is 18.2 Å². The zero-order valence-electron chi connectivity index (χ0n) is 9.87. The van der Waals surface area contributed by atoms with Gasteiger partial charge in [0.15, 0.2) is 0 Å². The zero-order valence-corrected chi connectivity index (χ0v) is 9.87. The molecule has 0 aliphatic heterocycles. The predicted octanol–water partition coefficient (Wildman–Crippen LogP) is 1.22. The summed E-state index contributed by atoms with van der Waals surface area (Å²) in [7, 11) is 0. The summed E-state index contributed by atoms with van der Waals surface area (Å²) in [6.45, 7) is 7.60. The van der Waals surface area contributed by atoms with Gasteiger partial charge in [-0.2, -0.15) is 0 Å². The van der Waals surface area contributed by atoms with Crippen LogP contribution in [0.3, 0.4) is 0 Å². The van der Waals surface area contributed by atoms with E-state index in [4.69, 9.17) is 11.5 Å². The molecule has 0 aromatic carbocycles. The summed E-state index contributed by atoms with van der Waals surface area (Å²) in [6, 6.07) is 0. The third kappa shape index (κ3) is 3.68. The third-order valence-corrected chi connectivity index (χ3v) is 3.11. The van der Waals surface area contributed by atoms with Gasteiger partial charge in [-0.25, -0.2) is 0 Å².